The minimum absolute atomic E-state index is 0.581. The molecule has 0 bridgehead atoms. The quantitative estimate of drug-likeness (QED) is 0.634. The van der Waals surface area contributed by atoms with Crippen LogP contribution in [0.25, 0.3) is 17.0 Å². The summed E-state index contributed by atoms with van der Waals surface area (Å²) < 4.78 is 0. The van der Waals surface area contributed by atoms with E-state index in [1.54, 1.807) is 4.80 Å². The lowest BCUT2D eigenvalue weighted by Gasteiger charge is -1.95. The van der Waals surface area contributed by atoms with Crippen molar-refractivity contribution in [2.24, 2.45) is 0 Å². The highest BCUT2D eigenvalue weighted by Gasteiger charge is 2.08. The Morgan fingerprint density at radius 1 is 0.824 bits per heavy atom. The van der Waals surface area contributed by atoms with Crippen molar-refractivity contribution in [1.82, 2.24) is 25.0 Å². The normalized spacial score (nSPS) is 10.9. The van der Waals surface area contributed by atoms with Crippen LogP contribution in [0.4, 0.5) is 0 Å². The fourth-order valence-corrected chi connectivity index (χ4v) is 1.59. The smallest absolute Gasteiger partial charge is 0.221 e. The molecule has 3 rings (SSSR count). The maximum Gasteiger partial charge on any atom is 0.221 e. The monoisotopic (exact) mass is 225 g/mol. The fraction of sp³-hybridized carbons (Fsp3) is 0.167. The van der Waals surface area contributed by atoms with Gasteiger partial charge in [0.25, 0.3) is 0 Å². The van der Waals surface area contributed by atoms with Gasteiger partial charge in [0.05, 0.1) is 17.1 Å². The lowest BCUT2D eigenvalue weighted by molar-refractivity contribution is 0.761. The van der Waals surface area contributed by atoms with Crippen LogP contribution in [0.5, 0.6) is 0 Å². The summed E-state index contributed by atoms with van der Waals surface area (Å²) in [6.45, 7) is 3.84. The lowest BCUT2D eigenvalue weighted by Crippen LogP contribution is -1.97. The largest absolute Gasteiger partial charge is 0.227 e. The summed E-state index contributed by atoms with van der Waals surface area (Å²) in [4.78, 5) is 10.3. The number of aromatic nitrogens is 5. The average molecular weight is 225 g/mol. The Hall–Kier alpha value is -2.30. The number of nitrogens with zero attached hydrogens (tertiary/aromatic N) is 5. The second kappa shape index (κ2) is 3.62. The molecule has 0 unspecified atom stereocenters. The molecule has 5 heteroatoms. The molecule has 0 amide bonds. The standard InChI is InChI=1S/C12H11N5/c1-8-9(2)14-12-11(13-8)15-17(16-12)10-6-4-3-5-7-10/h3-7H,1-2H3. The first-order chi connectivity index (χ1) is 8.24. The highest BCUT2D eigenvalue weighted by atomic mass is 15.5. The zero-order valence-electron chi connectivity index (χ0n) is 9.62. The minimum Gasteiger partial charge on any atom is -0.227 e. The molecule has 0 radical (unpaired) electrons. The van der Waals surface area contributed by atoms with E-state index in [4.69, 9.17) is 0 Å². The molecule has 0 spiro atoms. The molecule has 0 saturated heterocycles. The topological polar surface area (TPSA) is 56.5 Å². The van der Waals surface area contributed by atoms with Crippen molar-refractivity contribution >= 4 is 11.3 Å². The Balaban J connectivity index is 2.21. The van der Waals surface area contributed by atoms with Gasteiger partial charge in [0.1, 0.15) is 0 Å². The predicted molar refractivity (Wildman–Crippen MR) is 63.9 cm³/mol. The number of aryl methyl sites for hydroxylation is 2. The molecular weight excluding hydrogens is 214 g/mol. The molecule has 5 nitrogen and oxygen atoms in total. The number of hydrogen-bond acceptors (Lipinski definition) is 4. The Bertz CT molecular complexity index is 633. The summed E-state index contributed by atoms with van der Waals surface area (Å²) in [5, 5.41) is 8.63. The van der Waals surface area contributed by atoms with Gasteiger partial charge in [-0.05, 0) is 26.0 Å². The van der Waals surface area contributed by atoms with Crippen molar-refractivity contribution in [2.45, 2.75) is 13.8 Å². The van der Waals surface area contributed by atoms with Crippen molar-refractivity contribution < 1.29 is 0 Å². The number of fused-ring (bicyclic) bond motifs is 1. The number of rotatable bonds is 1. The molecule has 1 aromatic carbocycles. The van der Waals surface area contributed by atoms with Crippen molar-refractivity contribution in [2.75, 3.05) is 0 Å². The first-order valence-electron chi connectivity index (χ1n) is 5.38. The zero-order valence-corrected chi connectivity index (χ0v) is 9.62. The van der Waals surface area contributed by atoms with Crippen LogP contribution in [0.15, 0.2) is 30.3 Å². The van der Waals surface area contributed by atoms with Crippen LogP contribution >= 0.6 is 0 Å². The summed E-state index contributed by atoms with van der Waals surface area (Å²) in [5.74, 6) is 0. The number of para-hydroxylation sites is 1. The minimum atomic E-state index is 0.581. The SMILES string of the molecule is Cc1nc2nn(-c3ccccc3)nc2nc1C. The maximum atomic E-state index is 4.36. The first kappa shape index (κ1) is 9.89. The Morgan fingerprint density at radius 2 is 1.35 bits per heavy atom. The van der Waals surface area contributed by atoms with Crippen LogP contribution in [0.3, 0.4) is 0 Å². The van der Waals surface area contributed by atoms with E-state index in [9.17, 15) is 0 Å². The lowest BCUT2D eigenvalue weighted by atomic mass is 10.3. The molecule has 0 aliphatic rings. The molecule has 0 aliphatic carbocycles. The van der Waals surface area contributed by atoms with Gasteiger partial charge in [-0.3, -0.25) is 0 Å². The van der Waals surface area contributed by atoms with E-state index in [2.05, 4.69) is 20.2 Å². The van der Waals surface area contributed by atoms with Gasteiger partial charge in [-0.2, -0.15) is 0 Å². The maximum absolute atomic E-state index is 4.36. The van der Waals surface area contributed by atoms with E-state index in [1.165, 1.54) is 0 Å². The Labute approximate surface area is 98.1 Å². The number of benzene rings is 1. The van der Waals surface area contributed by atoms with Gasteiger partial charge in [0.2, 0.25) is 11.3 Å². The molecule has 3 aromatic rings. The first-order valence-corrected chi connectivity index (χ1v) is 5.38. The summed E-state index contributed by atoms with van der Waals surface area (Å²) in [6.07, 6.45) is 0. The molecule has 0 fully saturated rings. The molecule has 17 heavy (non-hydrogen) atoms. The van der Waals surface area contributed by atoms with Gasteiger partial charge in [-0.1, -0.05) is 18.2 Å². The van der Waals surface area contributed by atoms with Crippen LogP contribution in [-0.4, -0.2) is 25.0 Å². The molecule has 84 valence electrons. The van der Waals surface area contributed by atoms with E-state index in [-0.39, 0.29) is 0 Å². The van der Waals surface area contributed by atoms with Crippen LogP contribution in [0.1, 0.15) is 11.4 Å². The molecule has 0 saturated carbocycles. The summed E-state index contributed by atoms with van der Waals surface area (Å²) in [7, 11) is 0. The van der Waals surface area contributed by atoms with E-state index in [0.29, 0.717) is 11.3 Å². The highest BCUT2D eigenvalue weighted by molar-refractivity contribution is 5.64. The van der Waals surface area contributed by atoms with Crippen LogP contribution in [-0.2, 0) is 0 Å². The molecular formula is C12H11N5. The van der Waals surface area contributed by atoms with Gasteiger partial charge < -0.3 is 0 Å². The van der Waals surface area contributed by atoms with Crippen molar-refractivity contribution in [3.8, 4) is 5.69 Å². The van der Waals surface area contributed by atoms with Gasteiger partial charge in [0, 0.05) is 0 Å². The molecule has 0 N–H and O–H groups in total. The van der Waals surface area contributed by atoms with Crippen LogP contribution in [0.2, 0.25) is 0 Å². The molecule has 2 aromatic heterocycles. The van der Waals surface area contributed by atoms with Gasteiger partial charge in [-0.25, -0.2) is 9.97 Å². The second-order valence-electron chi connectivity index (χ2n) is 3.87. The van der Waals surface area contributed by atoms with E-state index in [1.807, 2.05) is 44.2 Å². The summed E-state index contributed by atoms with van der Waals surface area (Å²) in [5.41, 5.74) is 3.84. The predicted octanol–water partition coefficient (Wildman–Crippen LogP) is 1.83. The third kappa shape index (κ3) is 1.65. The van der Waals surface area contributed by atoms with Gasteiger partial charge in [-0.15, -0.1) is 15.0 Å². The third-order valence-electron chi connectivity index (χ3n) is 2.64. The fourth-order valence-electron chi connectivity index (χ4n) is 1.59. The average Bonchev–Trinajstić information content (AvgIpc) is 2.74. The van der Waals surface area contributed by atoms with Crippen molar-refractivity contribution in [1.29, 1.82) is 0 Å². The van der Waals surface area contributed by atoms with Crippen molar-refractivity contribution in [3.05, 3.63) is 41.7 Å². The summed E-state index contributed by atoms with van der Waals surface area (Å²) in [6, 6.07) is 9.73. The molecule has 2 heterocycles. The van der Waals surface area contributed by atoms with Gasteiger partial charge >= 0.3 is 0 Å². The van der Waals surface area contributed by atoms with Crippen molar-refractivity contribution in [3.63, 3.8) is 0 Å². The number of hydrogen-bond donors (Lipinski definition) is 0. The van der Waals surface area contributed by atoms with E-state index >= 15 is 0 Å². The van der Waals surface area contributed by atoms with Crippen LogP contribution < -0.4 is 0 Å². The van der Waals surface area contributed by atoms with E-state index < -0.39 is 0 Å². The summed E-state index contributed by atoms with van der Waals surface area (Å²) >= 11 is 0. The Kier molecular flexibility index (Phi) is 2.11. The zero-order chi connectivity index (χ0) is 11.8. The highest BCUT2D eigenvalue weighted by Crippen LogP contribution is 2.10. The van der Waals surface area contributed by atoms with Gasteiger partial charge in [0.15, 0.2) is 0 Å². The second-order valence-corrected chi connectivity index (χ2v) is 3.87. The van der Waals surface area contributed by atoms with Crippen LogP contribution in [0, 0.1) is 13.8 Å². The Morgan fingerprint density at radius 3 is 1.88 bits per heavy atom. The van der Waals surface area contributed by atoms with E-state index in [0.717, 1.165) is 17.1 Å². The molecule has 0 atom stereocenters. The molecule has 0 aliphatic heterocycles. The third-order valence-corrected chi connectivity index (χ3v) is 2.64.